The van der Waals surface area contributed by atoms with Gasteiger partial charge in [0, 0.05) is 25.4 Å². The van der Waals surface area contributed by atoms with Crippen LogP contribution in [-0.4, -0.2) is 50.3 Å². The lowest BCUT2D eigenvalue weighted by Gasteiger charge is -2.10. The van der Waals surface area contributed by atoms with Gasteiger partial charge in [0.1, 0.15) is 0 Å². The van der Waals surface area contributed by atoms with Gasteiger partial charge in [-0.2, -0.15) is 11.8 Å². The summed E-state index contributed by atoms with van der Waals surface area (Å²) < 4.78 is 4.87. The van der Waals surface area contributed by atoms with Crippen LogP contribution in [0.4, 0.5) is 0 Å². The second-order valence-corrected chi connectivity index (χ2v) is 5.02. The highest BCUT2D eigenvalue weighted by Gasteiger charge is 2.15. The lowest BCUT2D eigenvalue weighted by Crippen LogP contribution is -2.37. The molecule has 0 aliphatic carbocycles. The normalized spacial score (nSPS) is 20.5. The van der Waals surface area contributed by atoms with Crippen LogP contribution in [0, 0.1) is 0 Å². The molecule has 1 atom stereocenters. The molecule has 0 aromatic carbocycles. The molecule has 2 N–H and O–H groups in total. The van der Waals surface area contributed by atoms with E-state index in [2.05, 4.69) is 10.6 Å². The third kappa shape index (κ3) is 6.02. The third-order valence-corrected chi connectivity index (χ3v) is 3.72. The third-order valence-electron chi connectivity index (χ3n) is 2.32. The van der Waals surface area contributed by atoms with Gasteiger partial charge in [-0.1, -0.05) is 0 Å². The van der Waals surface area contributed by atoms with Crippen LogP contribution in [0.25, 0.3) is 0 Å². The van der Waals surface area contributed by atoms with E-state index in [-0.39, 0.29) is 5.91 Å². The first-order valence-corrected chi connectivity index (χ1v) is 6.45. The molecule has 0 aromatic rings. The van der Waals surface area contributed by atoms with E-state index in [4.69, 9.17) is 4.74 Å². The Bertz CT molecular complexity index is 184. The number of carbonyl (C=O) groups is 1. The molecule has 1 unspecified atom stereocenters. The van der Waals surface area contributed by atoms with Crippen molar-refractivity contribution < 1.29 is 9.53 Å². The number of amides is 1. The molecule has 0 saturated carbocycles. The van der Waals surface area contributed by atoms with Gasteiger partial charge in [-0.3, -0.25) is 4.79 Å². The average molecular weight is 232 g/mol. The molecule has 0 radical (unpaired) electrons. The summed E-state index contributed by atoms with van der Waals surface area (Å²) in [5, 5.41) is 6.59. The molecular formula is C10H20N2O2S. The molecule has 0 bridgehead atoms. The van der Waals surface area contributed by atoms with Crippen LogP contribution in [0.5, 0.6) is 0 Å². The summed E-state index contributed by atoms with van der Waals surface area (Å²) in [5.41, 5.74) is 0. The fourth-order valence-electron chi connectivity index (χ4n) is 1.47. The van der Waals surface area contributed by atoms with Gasteiger partial charge in [0.15, 0.2) is 0 Å². The minimum Gasteiger partial charge on any atom is -0.383 e. The second-order valence-electron chi connectivity index (χ2n) is 3.61. The van der Waals surface area contributed by atoms with E-state index in [1.165, 1.54) is 18.6 Å². The van der Waals surface area contributed by atoms with Crippen LogP contribution in [0.3, 0.4) is 0 Å². The van der Waals surface area contributed by atoms with Crippen molar-refractivity contribution in [1.82, 2.24) is 10.6 Å². The molecule has 1 rings (SSSR count). The number of methoxy groups -OCH3 is 1. The first-order valence-electron chi connectivity index (χ1n) is 5.41. The maximum absolute atomic E-state index is 11.3. The van der Waals surface area contributed by atoms with E-state index >= 15 is 0 Å². The number of hydrogen-bond donors (Lipinski definition) is 2. The van der Waals surface area contributed by atoms with Gasteiger partial charge in [-0.25, -0.2) is 0 Å². The highest BCUT2D eigenvalue weighted by molar-refractivity contribution is 8.00. The van der Waals surface area contributed by atoms with Crippen LogP contribution < -0.4 is 10.6 Å². The highest BCUT2D eigenvalue weighted by Crippen LogP contribution is 2.24. The fraction of sp³-hybridized carbons (Fsp3) is 0.900. The van der Waals surface area contributed by atoms with Gasteiger partial charge < -0.3 is 15.4 Å². The first-order chi connectivity index (χ1) is 7.33. The van der Waals surface area contributed by atoms with Gasteiger partial charge >= 0.3 is 0 Å². The second kappa shape index (κ2) is 7.96. The number of ether oxygens (including phenoxy) is 1. The quantitative estimate of drug-likeness (QED) is 0.617. The summed E-state index contributed by atoms with van der Waals surface area (Å²) in [6, 6.07) is 0. The van der Waals surface area contributed by atoms with Gasteiger partial charge in [-0.05, 0) is 18.6 Å². The first kappa shape index (κ1) is 12.8. The Hall–Kier alpha value is -0.260. The molecule has 1 aliphatic heterocycles. The van der Waals surface area contributed by atoms with Crippen LogP contribution in [0.1, 0.15) is 12.8 Å². The topological polar surface area (TPSA) is 50.4 Å². The van der Waals surface area contributed by atoms with Gasteiger partial charge in [-0.15, -0.1) is 0 Å². The predicted molar refractivity (Wildman–Crippen MR) is 63.2 cm³/mol. The molecule has 0 spiro atoms. The van der Waals surface area contributed by atoms with Crippen molar-refractivity contribution >= 4 is 17.7 Å². The standard InChI is InChI=1S/C10H20N2O2S/c1-14-5-4-11-8-10(13)12-7-9-3-2-6-15-9/h9,11H,2-8H2,1H3,(H,12,13). The molecule has 88 valence electrons. The highest BCUT2D eigenvalue weighted by atomic mass is 32.2. The molecule has 1 heterocycles. The molecular weight excluding hydrogens is 212 g/mol. The molecule has 4 nitrogen and oxygen atoms in total. The minimum atomic E-state index is 0.0820. The number of hydrogen-bond acceptors (Lipinski definition) is 4. The summed E-state index contributed by atoms with van der Waals surface area (Å²) in [4.78, 5) is 11.3. The summed E-state index contributed by atoms with van der Waals surface area (Å²) >= 11 is 1.96. The maximum atomic E-state index is 11.3. The van der Waals surface area contributed by atoms with Crippen LogP contribution in [-0.2, 0) is 9.53 Å². The Balaban J connectivity index is 1.93. The van der Waals surface area contributed by atoms with E-state index in [1.54, 1.807) is 7.11 Å². The zero-order chi connectivity index (χ0) is 10.9. The van der Waals surface area contributed by atoms with Crippen molar-refractivity contribution in [2.24, 2.45) is 0 Å². The van der Waals surface area contributed by atoms with E-state index in [1.807, 2.05) is 11.8 Å². The van der Waals surface area contributed by atoms with Gasteiger partial charge in [0.05, 0.1) is 13.2 Å². The Morgan fingerprint density at radius 1 is 1.60 bits per heavy atom. The van der Waals surface area contributed by atoms with Crippen molar-refractivity contribution in [3.63, 3.8) is 0 Å². The predicted octanol–water partition coefficient (Wildman–Crippen LogP) is 0.234. The zero-order valence-corrected chi connectivity index (χ0v) is 10.1. The van der Waals surface area contributed by atoms with E-state index < -0.39 is 0 Å². The van der Waals surface area contributed by atoms with Crippen molar-refractivity contribution in [2.45, 2.75) is 18.1 Å². The smallest absolute Gasteiger partial charge is 0.233 e. The van der Waals surface area contributed by atoms with Crippen LogP contribution >= 0.6 is 11.8 Å². The summed E-state index contributed by atoms with van der Waals surface area (Å²) in [6.45, 7) is 2.57. The van der Waals surface area contributed by atoms with E-state index in [0.717, 1.165) is 13.1 Å². The van der Waals surface area contributed by atoms with Gasteiger partial charge in [0.2, 0.25) is 5.91 Å². The number of carbonyl (C=O) groups excluding carboxylic acids is 1. The number of nitrogens with one attached hydrogen (secondary N) is 2. The largest absolute Gasteiger partial charge is 0.383 e. The molecule has 15 heavy (non-hydrogen) atoms. The van der Waals surface area contributed by atoms with Crippen molar-refractivity contribution in [1.29, 1.82) is 0 Å². The Kier molecular flexibility index (Phi) is 6.80. The molecule has 1 amide bonds. The van der Waals surface area contributed by atoms with Gasteiger partial charge in [0.25, 0.3) is 0 Å². The van der Waals surface area contributed by atoms with E-state index in [0.29, 0.717) is 18.4 Å². The van der Waals surface area contributed by atoms with Crippen LogP contribution in [0.15, 0.2) is 0 Å². The van der Waals surface area contributed by atoms with Crippen molar-refractivity contribution in [3.05, 3.63) is 0 Å². The Labute approximate surface area is 95.5 Å². The number of rotatable bonds is 7. The number of thioether (sulfide) groups is 1. The van der Waals surface area contributed by atoms with Crippen LogP contribution in [0.2, 0.25) is 0 Å². The molecule has 5 heteroatoms. The Morgan fingerprint density at radius 3 is 3.13 bits per heavy atom. The monoisotopic (exact) mass is 232 g/mol. The average Bonchev–Trinajstić information content (AvgIpc) is 2.74. The minimum absolute atomic E-state index is 0.0820. The maximum Gasteiger partial charge on any atom is 0.233 e. The lowest BCUT2D eigenvalue weighted by molar-refractivity contribution is -0.120. The molecule has 0 aromatic heterocycles. The zero-order valence-electron chi connectivity index (χ0n) is 9.25. The molecule has 1 fully saturated rings. The summed E-state index contributed by atoms with van der Waals surface area (Å²) in [6.07, 6.45) is 2.53. The lowest BCUT2D eigenvalue weighted by atomic mass is 10.2. The molecule has 1 aliphatic rings. The summed E-state index contributed by atoms with van der Waals surface area (Å²) in [7, 11) is 1.65. The van der Waals surface area contributed by atoms with Crippen molar-refractivity contribution in [2.75, 3.05) is 39.1 Å². The summed E-state index contributed by atoms with van der Waals surface area (Å²) in [5.74, 6) is 1.32. The van der Waals surface area contributed by atoms with Crippen molar-refractivity contribution in [3.8, 4) is 0 Å². The molecule has 1 saturated heterocycles. The Morgan fingerprint density at radius 2 is 2.47 bits per heavy atom. The SMILES string of the molecule is COCCNCC(=O)NCC1CCCS1. The van der Waals surface area contributed by atoms with E-state index in [9.17, 15) is 4.79 Å². The fourth-order valence-corrected chi connectivity index (χ4v) is 2.67.